The minimum absolute atomic E-state index is 1.01. The predicted octanol–water partition coefficient (Wildman–Crippen LogP) is 8.64. The highest BCUT2D eigenvalue weighted by atomic mass is 79.9. The fourth-order valence-electron chi connectivity index (χ4n) is 4.45. The molecule has 0 atom stereocenters. The maximum atomic E-state index is 5.00. The summed E-state index contributed by atoms with van der Waals surface area (Å²) in [5, 5.41) is 4.83. The Kier molecular flexibility index (Phi) is 4.33. The van der Waals surface area contributed by atoms with Crippen LogP contribution in [0.15, 0.2) is 114 Å². The highest BCUT2D eigenvalue weighted by Gasteiger charge is 2.14. The van der Waals surface area contributed by atoms with Gasteiger partial charge < -0.3 is 0 Å². The van der Waals surface area contributed by atoms with Crippen molar-refractivity contribution in [3.8, 4) is 22.3 Å². The van der Waals surface area contributed by atoms with Crippen molar-refractivity contribution in [1.29, 1.82) is 0 Å². The second-order valence-corrected chi connectivity index (χ2v) is 8.69. The lowest BCUT2D eigenvalue weighted by Gasteiger charge is -2.14. The van der Waals surface area contributed by atoms with Gasteiger partial charge in [0.15, 0.2) is 0 Å². The van der Waals surface area contributed by atoms with Gasteiger partial charge in [-0.25, -0.2) is 4.98 Å². The van der Waals surface area contributed by atoms with Gasteiger partial charge in [-0.05, 0) is 51.7 Å². The van der Waals surface area contributed by atoms with Crippen LogP contribution in [-0.2, 0) is 0 Å². The molecule has 6 aromatic rings. The second kappa shape index (κ2) is 7.33. The summed E-state index contributed by atoms with van der Waals surface area (Å²) < 4.78 is 1.06. The smallest absolute Gasteiger partial charge is 0.0722 e. The Morgan fingerprint density at radius 2 is 1.19 bits per heavy atom. The molecule has 31 heavy (non-hydrogen) atoms. The van der Waals surface area contributed by atoms with E-state index in [1.54, 1.807) is 0 Å². The molecule has 6 rings (SSSR count). The van der Waals surface area contributed by atoms with Crippen molar-refractivity contribution in [2.75, 3.05) is 0 Å². The van der Waals surface area contributed by atoms with Crippen LogP contribution in [0.25, 0.3) is 54.8 Å². The van der Waals surface area contributed by atoms with Gasteiger partial charge in [-0.3, -0.25) is 0 Å². The van der Waals surface area contributed by atoms with Crippen LogP contribution in [0.3, 0.4) is 0 Å². The van der Waals surface area contributed by atoms with Crippen LogP contribution in [0.5, 0.6) is 0 Å². The van der Waals surface area contributed by atoms with Crippen LogP contribution in [-0.4, -0.2) is 4.98 Å². The molecule has 1 nitrogen and oxygen atoms in total. The van der Waals surface area contributed by atoms with E-state index in [0.29, 0.717) is 0 Å². The Bertz CT molecular complexity index is 1570. The van der Waals surface area contributed by atoms with Gasteiger partial charge in [0.2, 0.25) is 0 Å². The maximum absolute atomic E-state index is 5.00. The Hall–Kier alpha value is -3.49. The average Bonchev–Trinajstić information content (AvgIpc) is 2.83. The number of fused-ring (bicyclic) bond motifs is 4. The Morgan fingerprint density at radius 1 is 0.516 bits per heavy atom. The Labute approximate surface area is 189 Å². The molecule has 0 aliphatic carbocycles. The average molecular weight is 460 g/mol. The molecule has 1 aromatic heterocycles. The Morgan fingerprint density at radius 3 is 2.03 bits per heavy atom. The number of hydrogen-bond acceptors (Lipinski definition) is 1. The lowest BCUT2D eigenvalue weighted by atomic mass is 9.92. The molecule has 146 valence electrons. The van der Waals surface area contributed by atoms with Crippen molar-refractivity contribution in [2.45, 2.75) is 0 Å². The third kappa shape index (κ3) is 3.11. The molecular weight excluding hydrogens is 442 g/mol. The van der Waals surface area contributed by atoms with E-state index >= 15 is 0 Å². The van der Waals surface area contributed by atoms with Crippen molar-refractivity contribution in [2.24, 2.45) is 0 Å². The van der Waals surface area contributed by atoms with Gasteiger partial charge in [0.1, 0.15) is 0 Å². The minimum Gasteiger partial charge on any atom is -0.248 e. The second-order valence-electron chi connectivity index (χ2n) is 7.77. The summed E-state index contributed by atoms with van der Waals surface area (Å²) in [5.41, 5.74) is 6.91. The molecule has 0 amide bonds. The number of pyridine rings is 1. The van der Waals surface area contributed by atoms with Gasteiger partial charge in [0.05, 0.1) is 11.0 Å². The molecule has 0 fully saturated rings. The van der Waals surface area contributed by atoms with Crippen molar-refractivity contribution in [3.63, 3.8) is 0 Å². The van der Waals surface area contributed by atoms with Crippen LogP contribution in [0.2, 0.25) is 0 Å². The van der Waals surface area contributed by atoms with E-state index < -0.39 is 0 Å². The monoisotopic (exact) mass is 459 g/mol. The lowest BCUT2D eigenvalue weighted by molar-refractivity contribution is 1.49. The standard InChI is InChI=1S/C29H18BrN/c30-23-15-17-26-25(18-23)28(22-12-10-20(11-13-22)19-6-2-1-3-7-19)29-24-9-5-4-8-21(24)14-16-27(29)31-26/h1-18H. The van der Waals surface area contributed by atoms with Crippen LogP contribution in [0, 0.1) is 0 Å². The van der Waals surface area contributed by atoms with E-state index in [1.165, 1.54) is 38.4 Å². The lowest BCUT2D eigenvalue weighted by Crippen LogP contribution is -1.91. The summed E-state index contributed by atoms with van der Waals surface area (Å²) in [5.74, 6) is 0. The first-order valence-corrected chi connectivity index (χ1v) is 11.1. The topological polar surface area (TPSA) is 12.9 Å². The quantitative estimate of drug-likeness (QED) is 0.186. The molecule has 5 aromatic carbocycles. The zero-order chi connectivity index (χ0) is 20.8. The maximum Gasteiger partial charge on any atom is 0.0722 e. The zero-order valence-electron chi connectivity index (χ0n) is 16.7. The van der Waals surface area contributed by atoms with Crippen molar-refractivity contribution >= 4 is 48.5 Å². The molecule has 2 heteroatoms. The number of aromatic nitrogens is 1. The molecule has 0 saturated carbocycles. The molecule has 0 unspecified atom stereocenters. The largest absolute Gasteiger partial charge is 0.248 e. The van der Waals surface area contributed by atoms with Crippen molar-refractivity contribution < 1.29 is 0 Å². The van der Waals surface area contributed by atoms with E-state index in [0.717, 1.165) is 20.9 Å². The molecule has 0 bridgehead atoms. The molecule has 0 spiro atoms. The summed E-state index contributed by atoms with van der Waals surface area (Å²) in [4.78, 5) is 5.00. The summed E-state index contributed by atoms with van der Waals surface area (Å²) in [6.45, 7) is 0. The Balaban J connectivity index is 1.70. The first-order chi connectivity index (χ1) is 15.3. The molecule has 0 radical (unpaired) electrons. The summed E-state index contributed by atoms with van der Waals surface area (Å²) in [7, 11) is 0. The zero-order valence-corrected chi connectivity index (χ0v) is 18.3. The fourth-order valence-corrected chi connectivity index (χ4v) is 4.81. The van der Waals surface area contributed by atoms with E-state index in [2.05, 4.69) is 125 Å². The van der Waals surface area contributed by atoms with Gasteiger partial charge in [0.25, 0.3) is 0 Å². The van der Waals surface area contributed by atoms with Crippen LogP contribution in [0.4, 0.5) is 0 Å². The summed E-state index contributed by atoms with van der Waals surface area (Å²) in [6.07, 6.45) is 0. The summed E-state index contributed by atoms with van der Waals surface area (Å²) >= 11 is 3.67. The van der Waals surface area contributed by atoms with Crippen LogP contribution < -0.4 is 0 Å². The highest BCUT2D eigenvalue weighted by molar-refractivity contribution is 9.10. The highest BCUT2D eigenvalue weighted by Crippen LogP contribution is 2.40. The van der Waals surface area contributed by atoms with E-state index in [1.807, 2.05) is 0 Å². The fraction of sp³-hybridized carbons (Fsp3) is 0. The van der Waals surface area contributed by atoms with Crippen molar-refractivity contribution in [3.05, 3.63) is 114 Å². The van der Waals surface area contributed by atoms with E-state index in [4.69, 9.17) is 4.98 Å². The van der Waals surface area contributed by atoms with Crippen LogP contribution >= 0.6 is 15.9 Å². The predicted molar refractivity (Wildman–Crippen MR) is 135 cm³/mol. The molecule has 0 aliphatic heterocycles. The number of nitrogens with zero attached hydrogens (tertiary/aromatic N) is 1. The van der Waals surface area contributed by atoms with Gasteiger partial charge >= 0.3 is 0 Å². The van der Waals surface area contributed by atoms with Crippen molar-refractivity contribution in [1.82, 2.24) is 4.98 Å². The van der Waals surface area contributed by atoms with E-state index in [9.17, 15) is 0 Å². The first kappa shape index (κ1) is 18.3. The van der Waals surface area contributed by atoms with Gasteiger partial charge in [-0.15, -0.1) is 0 Å². The van der Waals surface area contributed by atoms with E-state index in [-0.39, 0.29) is 0 Å². The SMILES string of the molecule is Brc1ccc2nc3ccc4ccccc4c3c(-c3ccc(-c4ccccc4)cc3)c2c1. The molecule has 0 saturated heterocycles. The number of rotatable bonds is 2. The molecule has 0 N–H and O–H groups in total. The summed E-state index contributed by atoms with van der Waals surface area (Å²) in [6, 6.07) is 38.6. The minimum atomic E-state index is 1.01. The number of hydrogen-bond donors (Lipinski definition) is 0. The van der Waals surface area contributed by atoms with Gasteiger partial charge in [-0.2, -0.15) is 0 Å². The molecular formula is C29H18BrN. The third-order valence-electron chi connectivity index (χ3n) is 5.91. The van der Waals surface area contributed by atoms with Gasteiger partial charge in [0, 0.05) is 20.8 Å². The number of benzene rings is 5. The number of halogens is 1. The van der Waals surface area contributed by atoms with Crippen LogP contribution in [0.1, 0.15) is 0 Å². The molecule has 0 aliphatic rings. The third-order valence-corrected chi connectivity index (χ3v) is 6.40. The first-order valence-electron chi connectivity index (χ1n) is 10.3. The molecule has 1 heterocycles. The van der Waals surface area contributed by atoms with Gasteiger partial charge in [-0.1, -0.05) is 101 Å². The normalized spacial score (nSPS) is 11.4.